The second-order valence-electron chi connectivity index (χ2n) is 5.34. The van der Waals surface area contributed by atoms with Crippen molar-refractivity contribution in [2.45, 2.75) is 26.7 Å². The van der Waals surface area contributed by atoms with Gasteiger partial charge in [0.25, 0.3) is 5.91 Å². The molecule has 0 aliphatic heterocycles. The fourth-order valence-corrected chi connectivity index (χ4v) is 2.46. The monoisotopic (exact) mass is 303 g/mol. The summed E-state index contributed by atoms with van der Waals surface area (Å²) in [6.07, 6.45) is 0. The van der Waals surface area contributed by atoms with Crippen molar-refractivity contribution in [3.63, 3.8) is 0 Å². The summed E-state index contributed by atoms with van der Waals surface area (Å²) in [7, 11) is 0. The summed E-state index contributed by atoms with van der Waals surface area (Å²) in [6, 6.07) is 10.2. The number of nitrogens with one attached hydrogen (secondary N) is 1. The first-order valence-electron chi connectivity index (χ1n) is 6.79. The Kier molecular flexibility index (Phi) is 4.53. The van der Waals surface area contributed by atoms with E-state index in [2.05, 4.69) is 19.2 Å². The maximum Gasteiger partial charge on any atom is 0.259 e. The number of hydrogen-bond donors (Lipinski definition) is 2. The van der Waals surface area contributed by atoms with Crippen molar-refractivity contribution in [2.24, 2.45) is 0 Å². The van der Waals surface area contributed by atoms with Gasteiger partial charge < -0.3 is 10.4 Å². The number of hydrogen-bond acceptors (Lipinski definition) is 2. The summed E-state index contributed by atoms with van der Waals surface area (Å²) in [5.74, 6) is -0.0363. The molecule has 0 aliphatic carbocycles. The summed E-state index contributed by atoms with van der Waals surface area (Å²) in [6.45, 7) is 6.27. The number of carbonyl (C=O) groups excluding carboxylic acids is 1. The molecule has 4 heteroatoms. The van der Waals surface area contributed by atoms with Crippen LogP contribution in [0.3, 0.4) is 0 Å². The van der Waals surface area contributed by atoms with Gasteiger partial charge in [0.05, 0.1) is 5.56 Å². The second-order valence-corrected chi connectivity index (χ2v) is 5.78. The van der Waals surface area contributed by atoms with Crippen LogP contribution in [0, 0.1) is 6.92 Å². The first kappa shape index (κ1) is 15.4. The number of phenolic OH excluding ortho intramolecular Hbond substituents is 1. The van der Waals surface area contributed by atoms with Crippen molar-refractivity contribution >= 4 is 23.2 Å². The summed E-state index contributed by atoms with van der Waals surface area (Å²) in [4.78, 5) is 12.2. The third-order valence-corrected chi connectivity index (χ3v) is 3.59. The van der Waals surface area contributed by atoms with Crippen molar-refractivity contribution in [3.8, 4) is 5.75 Å². The molecule has 0 saturated heterocycles. The maximum atomic E-state index is 12.2. The molecule has 0 saturated carbocycles. The fourth-order valence-electron chi connectivity index (χ4n) is 2.29. The number of halogens is 1. The van der Waals surface area contributed by atoms with Crippen LogP contribution in [-0.2, 0) is 0 Å². The predicted molar refractivity (Wildman–Crippen MR) is 86.3 cm³/mol. The first-order valence-corrected chi connectivity index (χ1v) is 7.16. The molecule has 3 nitrogen and oxygen atoms in total. The van der Waals surface area contributed by atoms with Crippen molar-refractivity contribution in [1.29, 1.82) is 0 Å². The molecule has 2 rings (SSSR count). The Morgan fingerprint density at radius 3 is 2.52 bits per heavy atom. The maximum absolute atomic E-state index is 12.2. The van der Waals surface area contributed by atoms with Crippen molar-refractivity contribution < 1.29 is 9.90 Å². The average molecular weight is 304 g/mol. The molecule has 1 amide bonds. The average Bonchev–Trinajstić information content (AvgIpc) is 2.41. The zero-order valence-electron chi connectivity index (χ0n) is 12.3. The van der Waals surface area contributed by atoms with E-state index >= 15 is 0 Å². The Hall–Kier alpha value is -2.00. The van der Waals surface area contributed by atoms with Crippen LogP contribution in [0.1, 0.15) is 41.3 Å². The molecule has 0 spiro atoms. The summed E-state index contributed by atoms with van der Waals surface area (Å²) >= 11 is 5.85. The molecule has 0 atom stereocenters. The number of aryl methyl sites for hydroxylation is 1. The van der Waals surface area contributed by atoms with Crippen LogP contribution in [0.5, 0.6) is 5.75 Å². The van der Waals surface area contributed by atoms with Gasteiger partial charge in [-0.05, 0) is 54.3 Å². The van der Waals surface area contributed by atoms with Crippen molar-refractivity contribution in [1.82, 2.24) is 0 Å². The smallest absolute Gasteiger partial charge is 0.259 e. The Morgan fingerprint density at radius 2 is 1.90 bits per heavy atom. The van der Waals surface area contributed by atoms with Gasteiger partial charge in [-0.1, -0.05) is 31.5 Å². The third kappa shape index (κ3) is 3.56. The van der Waals surface area contributed by atoms with Crippen LogP contribution in [0.2, 0.25) is 5.02 Å². The lowest BCUT2D eigenvalue weighted by molar-refractivity contribution is 0.102. The Balaban J connectivity index is 2.24. The van der Waals surface area contributed by atoms with E-state index in [0.717, 1.165) is 5.56 Å². The van der Waals surface area contributed by atoms with E-state index in [1.807, 2.05) is 25.1 Å². The van der Waals surface area contributed by atoms with Gasteiger partial charge in [-0.25, -0.2) is 0 Å². The number of aromatic hydroxyl groups is 1. The van der Waals surface area contributed by atoms with E-state index in [4.69, 9.17) is 11.6 Å². The second kappa shape index (κ2) is 6.19. The Bertz CT molecular complexity index is 680. The molecule has 0 aliphatic rings. The standard InChI is InChI=1S/C17H18ClNO2/c1-10(2)14-6-5-13(8-11(14)3)19-17(21)15-9-12(18)4-7-16(15)20/h4-10,20H,1-3H3,(H,19,21). The molecule has 21 heavy (non-hydrogen) atoms. The molecule has 0 aromatic heterocycles. The number of carbonyl (C=O) groups is 1. The molecule has 0 fully saturated rings. The lowest BCUT2D eigenvalue weighted by Crippen LogP contribution is -2.12. The van der Waals surface area contributed by atoms with Gasteiger partial charge in [-0.15, -0.1) is 0 Å². The van der Waals surface area contributed by atoms with E-state index in [1.54, 1.807) is 0 Å². The number of rotatable bonds is 3. The molecule has 2 aromatic rings. The minimum Gasteiger partial charge on any atom is -0.507 e. The van der Waals surface area contributed by atoms with E-state index in [0.29, 0.717) is 16.6 Å². The molecular formula is C17H18ClNO2. The fraction of sp³-hybridized carbons (Fsp3) is 0.235. The van der Waals surface area contributed by atoms with Crippen LogP contribution in [0.4, 0.5) is 5.69 Å². The molecular weight excluding hydrogens is 286 g/mol. The third-order valence-electron chi connectivity index (χ3n) is 3.35. The number of amides is 1. The summed E-state index contributed by atoms with van der Waals surface area (Å²) in [5.41, 5.74) is 3.23. The molecule has 0 radical (unpaired) electrons. The van der Waals surface area contributed by atoms with E-state index in [9.17, 15) is 9.90 Å². The quantitative estimate of drug-likeness (QED) is 0.861. The molecule has 0 heterocycles. The van der Waals surface area contributed by atoms with Crippen molar-refractivity contribution in [2.75, 3.05) is 5.32 Å². The topological polar surface area (TPSA) is 49.3 Å². The number of benzene rings is 2. The minimum absolute atomic E-state index is 0.0903. The van der Waals surface area contributed by atoms with Gasteiger partial charge in [0, 0.05) is 10.7 Å². The first-order chi connectivity index (χ1) is 9.88. The van der Waals surface area contributed by atoms with Gasteiger partial charge in [-0.2, -0.15) is 0 Å². The van der Waals surface area contributed by atoms with Crippen LogP contribution in [-0.4, -0.2) is 11.0 Å². The minimum atomic E-state index is -0.383. The van der Waals surface area contributed by atoms with Gasteiger partial charge >= 0.3 is 0 Å². The van der Waals surface area contributed by atoms with Gasteiger partial charge in [0.2, 0.25) is 0 Å². The summed E-state index contributed by atoms with van der Waals surface area (Å²) < 4.78 is 0. The molecule has 2 N–H and O–H groups in total. The number of phenols is 1. The predicted octanol–water partition coefficient (Wildman–Crippen LogP) is 4.73. The van der Waals surface area contributed by atoms with Gasteiger partial charge in [-0.3, -0.25) is 4.79 Å². The highest BCUT2D eigenvalue weighted by Crippen LogP contribution is 2.25. The zero-order valence-corrected chi connectivity index (χ0v) is 13.0. The van der Waals surface area contributed by atoms with Crippen LogP contribution in [0.15, 0.2) is 36.4 Å². The van der Waals surface area contributed by atoms with E-state index in [1.165, 1.54) is 23.8 Å². The normalized spacial score (nSPS) is 10.7. The van der Waals surface area contributed by atoms with Gasteiger partial charge in [0.15, 0.2) is 0 Å². The molecule has 110 valence electrons. The van der Waals surface area contributed by atoms with Crippen LogP contribution in [0.25, 0.3) is 0 Å². The largest absolute Gasteiger partial charge is 0.507 e. The van der Waals surface area contributed by atoms with E-state index < -0.39 is 0 Å². The highest BCUT2D eigenvalue weighted by Gasteiger charge is 2.13. The lowest BCUT2D eigenvalue weighted by atomic mass is 9.97. The molecule has 2 aromatic carbocycles. The SMILES string of the molecule is Cc1cc(NC(=O)c2cc(Cl)ccc2O)ccc1C(C)C. The Morgan fingerprint density at radius 1 is 1.19 bits per heavy atom. The molecule has 0 bridgehead atoms. The Labute approximate surface area is 129 Å². The highest BCUT2D eigenvalue weighted by atomic mass is 35.5. The van der Waals surface area contributed by atoms with E-state index in [-0.39, 0.29) is 17.2 Å². The van der Waals surface area contributed by atoms with Crippen molar-refractivity contribution in [3.05, 3.63) is 58.1 Å². The zero-order chi connectivity index (χ0) is 15.6. The van der Waals surface area contributed by atoms with Crippen LogP contribution < -0.4 is 5.32 Å². The number of anilines is 1. The lowest BCUT2D eigenvalue weighted by Gasteiger charge is -2.12. The summed E-state index contributed by atoms with van der Waals surface area (Å²) in [5, 5.41) is 12.9. The van der Waals surface area contributed by atoms with Gasteiger partial charge in [0.1, 0.15) is 5.75 Å². The van der Waals surface area contributed by atoms with Crippen LogP contribution >= 0.6 is 11.6 Å². The highest BCUT2D eigenvalue weighted by molar-refractivity contribution is 6.31. The molecule has 0 unspecified atom stereocenters.